The first-order valence-electron chi connectivity index (χ1n) is 10.2. The number of aromatic nitrogens is 1. The van der Waals surface area contributed by atoms with Gasteiger partial charge in [0.25, 0.3) is 5.91 Å². The summed E-state index contributed by atoms with van der Waals surface area (Å²) in [6, 6.07) is 2.21. The number of carbonyl (C=O) groups excluding carboxylic acids is 2. The number of likely N-dealkylation sites (tertiary alicyclic amines) is 1. The average Bonchev–Trinajstić information content (AvgIpc) is 3.48. The highest BCUT2D eigenvalue weighted by molar-refractivity contribution is 5.95. The van der Waals surface area contributed by atoms with E-state index in [4.69, 9.17) is 4.74 Å². The molecule has 0 aromatic carbocycles. The molecule has 3 aliphatic heterocycles. The van der Waals surface area contributed by atoms with Crippen molar-refractivity contribution in [1.82, 2.24) is 25.6 Å². The zero-order valence-corrected chi connectivity index (χ0v) is 16.4. The molecule has 9 heteroatoms. The molecule has 4 aliphatic rings. The third-order valence-corrected chi connectivity index (χ3v) is 6.30. The normalized spacial score (nSPS) is 27.7. The van der Waals surface area contributed by atoms with E-state index < -0.39 is 0 Å². The fourth-order valence-electron chi connectivity index (χ4n) is 4.90. The van der Waals surface area contributed by atoms with Crippen molar-refractivity contribution in [2.24, 2.45) is 5.92 Å². The lowest BCUT2D eigenvalue weighted by molar-refractivity contribution is -0.117. The van der Waals surface area contributed by atoms with E-state index in [-0.39, 0.29) is 12.1 Å². The largest absolute Gasteiger partial charge is 0.488 e. The number of allylic oxidation sites excluding steroid dienone is 1. The van der Waals surface area contributed by atoms with Crippen molar-refractivity contribution < 1.29 is 14.3 Å². The number of fused-ring (bicyclic) bond motifs is 3. The summed E-state index contributed by atoms with van der Waals surface area (Å²) in [6.45, 7) is 2.04. The number of amides is 2. The molecule has 1 aromatic heterocycles. The first-order chi connectivity index (χ1) is 14.2. The molecular formula is C20H26N6O3. The summed E-state index contributed by atoms with van der Waals surface area (Å²) < 4.78 is 5.83. The Morgan fingerprint density at radius 2 is 2.28 bits per heavy atom. The van der Waals surface area contributed by atoms with Crippen molar-refractivity contribution in [3.8, 4) is 5.75 Å². The molecule has 2 bridgehead atoms. The van der Waals surface area contributed by atoms with Crippen LogP contribution >= 0.6 is 0 Å². The van der Waals surface area contributed by atoms with Crippen LogP contribution in [0.15, 0.2) is 30.1 Å². The standard InChI is InChI=1S/C20H26N6O3/c1-21-23-18-9-15(4-5-24(18)12-27)25-6-7-29-17-10-16(22-19(17)25)20(28)26-11-13-2-3-14(26)8-13/h4-5,9-10,12-14,18,21-23H,2-3,6-8,11H2,1H3/t13?,14-,18?/m1/s1. The van der Waals surface area contributed by atoms with Crippen LogP contribution in [0.3, 0.4) is 0 Å². The number of anilines is 1. The lowest BCUT2D eigenvalue weighted by Crippen LogP contribution is -2.48. The number of carbonyl (C=O) groups is 2. The van der Waals surface area contributed by atoms with Gasteiger partial charge in [0.1, 0.15) is 18.5 Å². The quantitative estimate of drug-likeness (QED) is 0.501. The lowest BCUT2D eigenvalue weighted by Gasteiger charge is -2.34. The number of nitrogens with one attached hydrogen (secondary N) is 3. The number of piperidine rings is 1. The molecule has 154 valence electrons. The Bertz CT molecular complexity index is 878. The monoisotopic (exact) mass is 398 g/mol. The van der Waals surface area contributed by atoms with E-state index in [1.807, 2.05) is 23.1 Å². The molecule has 0 spiro atoms. The van der Waals surface area contributed by atoms with Crippen molar-refractivity contribution in [3.05, 3.63) is 35.8 Å². The van der Waals surface area contributed by atoms with E-state index in [9.17, 15) is 9.59 Å². The van der Waals surface area contributed by atoms with Crippen molar-refractivity contribution in [3.63, 3.8) is 0 Å². The minimum Gasteiger partial charge on any atom is -0.488 e. The van der Waals surface area contributed by atoms with Gasteiger partial charge in [-0.15, -0.1) is 0 Å². The minimum atomic E-state index is -0.306. The highest BCUT2D eigenvalue weighted by atomic mass is 16.5. The van der Waals surface area contributed by atoms with Crippen LogP contribution < -0.4 is 20.5 Å². The van der Waals surface area contributed by atoms with E-state index in [1.54, 1.807) is 13.2 Å². The van der Waals surface area contributed by atoms with Crippen molar-refractivity contribution in [2.45, 2.75) is 31.5 Å². The van der Waals surface area contributed by atoms with Crippen molar-refractivity contribution in [1.29, 1.82) is 0 Å². The number of hydrazine groups is 1. The van der Waals surface area contributed by atoms with Gasteiger partial charge in [0, 0.05) is 30.5 Å². The maximum atomic E-state index is 13.1. The molecule has 1 saturated carbocycles. The maximum absolute atomic E-state index is 13.1. The Morgan fingerprint density at radius 3 is 3.00 bits per heavy atom. The molecule has 1 aromatic rings. The van der Waals surface area contributed by atoms with Gasteiger partial charge in [-0.3, -0.25) is 15.0 Å². The zero-order valence-electron chi connectivity index (χ0n) is 16.4. The van der Waals surface area contributed by atoms with Crippen LogP contribution in [0.4, 0.5) is 5.82 Å². The van der Waals surface area contributed by atoms with E-state index >= 15 is 0 Å². The van der Waals surface area contributed by atoms with Gasteiger partial charge >= 0.3 is 0 Å². The second-order valence-electron chi connectivity index (χ2n) is 7.99. The van der Waals surface area contributed by atoms with Crippen LogP contribution in [0.25, 0.3) is 0 Å². The summed E-state index contributed by atoms with van der Waals surface area (Å²) in [4.78, 5) is 33.3. The Morgan fingerprint density at radius 1 is 1.38 bits per heavy atom. The lowest BCUT2D eigenvalue weighted by atomic mass is 10.1. The fourth-order valence-corrected chi connectivity index (χ4v) is 4.90. The molecule has 4 heterocycles. The van der Waals surface area contributed by atoms with Gasteiger partial charge in [-0.2, -0.15) is 0 Å². The van der Waals surface area contributed by atoms with E-state index in [1.165, 1.54) is 11.3 Å². The first kappa shape index (κ1) is 18.3. The summed E-state index contributed by atoms with van der Waals surface area (Å²) in [6.07, 6.45) is 9.55. The number of H-pyrrole nitrogens is 1. The molecule has 3 N–H and O–H groups in total. The molecule has 9 nitrogen and oxygen atoms in total. The highest BCUT2D eigenvalue weighted by Gasteiger charge is 2.41. The summed E-state index contributed by atoms with van der Waals surface area (Å²) >= 11 is 0. The predicted octanol–water partition coefficient (Wildman–Crippen LogP) is 0.758. The van der Waals surface area contributed by atoms with Gasteiger partial charge in [-0.05, 0) is 44.4 Å². The highest BCUT2D eigenvalue weighted by Crippen LogP contribution is 2.40. The van der Waals surface area contributed by atoms with E-state index in [0.717, 1.165) is 37.3 Å². The van der Waals surface area contributed by atoms with Crippen molar-refractivity contribution >= 4 is 18.1 Å². The van der Waals surface area contributed by atoms with Gasteiger partial charge in [0.15, 0.2) is 11.6 Å². The Balaban J connectivity index is 1.40. The SMILES string of the molecule is CNNC1C=C(N2CCOc3cc(C(=O)N4CC5CC[C@@H]4C5)[nH]c32)C=CN1C=O. The summed E-state index contributed by atoms with van der Waals surface area (Å²) in [5, 5.41) is 0. The number of hydrogen-bond acceptors (Lipinski definition) is 6. The molecule has 5 rings (SSSR count). The third kappa shape index (κ3) is 3.10. The van der Waals surface area contributed by atoms with Gasteiger partial charge in [0.05, 0.1) is 6.54 Å². The van der Waals surface area contributed by atoms with E-state index in [0.29, 0.717) is 36.6 Å². The van der Waals surface area contributed by atoms with Gasteiger partial charge in [-0.25, -0.2) is 5.43 Å². The molecule has 2 amide bonds. The maximum Gasteiger partial charge on any atom is 0.270 e. The number of aromatic amines is 1. The second kappa shape index (κ2) is 7.23. The van der Waals surface area contributed by atoms with Gasteiger partial charge in [0.2, 0.25) is 6.41 Å². The minimum absolute atomic E-state index is 0.0603. The smallest absolute Gasteiger partial charge is 0.270 e. The number of ether oxygens (including phenoxy) is 1. The summed E-state index contributed by atoms with van der Waals surface area (Å²) in [5.74, 6) is 2.19. The molecule has 1 saturated heterocycles. The number of hydrogen-bond donors (Lipinski definition) is 3. The Labute approximate surface area is 169 Å². The Hall–Kier alpha value is -2.78. The van der Waals surface area contributed by atoms with Crippen LogP contribution in [0.5, 0.6) is 5.75 Å². The van der Waals surface area contributed by atoms with Crippen LogP contribution in [-0.2, 0) is 4.79 Å². The van der Waals surface area contributed by atoms with Crippen LogP contribution in [0.2, 0.25) is 0 Å². The molecule has 1 aliphatic carbocycles. The summed E-state index contributed by atoms with van der Waals surface area (Å²) in [7, 11) is 1.76. The van der Waals surface area contributed by atoms with Crippen LogP contribution in [0, 0.1) is 5.92 Å². The van der Waals surface area contributed by atoms with Crippen LogP contribution in [0.1, 0.15) is 29.8 Å². The predicted molar refractivity (Wildman–Crippen MR) is 107 cm³/mol. The molecule has 0 radical (unpaired) electrons. The number of rotatable bonds is 5. The Kier molecular flexibility index (Phi) is 4.56. The first-order valence-corrected chi connectivity index (χ1v) is 10.2. The molecular weight excluding hydrogens is 372 g/mol. The summed E-state index contributed by atoms with van der Waals surface area (Å²) in [5.41, 5.74) is 7.43. The number of nitrogens with zero attached hydrogens (tertiary/aromatic N) is 3. The topological polar surface area (TPSA) is 92.9 Å². The third-order valence-electron chi connectivity index (χ3n) is 6.30. The van der Waals surface area contributed by atoms with Crippen molar-refractivity contribution in [2.75, 3.05) is 31.6 Å². The molecule has 2 unspecified atom stereocenters. The van der Waals surface area contributed by atoms with Crippen LogP contribution in [-0.4, -0.2) is 66.1 Å². The van der Waals surface area contributed by atoms with E-state index in [2.05, 4.69) is 20.7 Å². The second-order valence-corrected chi connectivity index (χ2v) is 7.99. The average molecular weight is 398 g/mol. The van der Waals surface area contributed by atoms with Gasteiger partial charge < -0.3 is 24.4 Å². The van der Waals surface area contributed by atoms with Gasteiger partial charge in [-0.1, -0.05) is 0 Å². The molecule has 29 heavy (non-hydrogen) atoms. The molecule has 2 fully saturated rings. The zero-order chi connectivity index (χ0) is 20.0. The fraction of sp³-hybridized carbons (Fsp3) is 0.500. The molecule has 3 atom stereocenters.